The summed E-state index contributed by atoms with van der Waals surface area (Å²) in [6.07, 6.45) is 4.03. The summed E-state index contributed by atoms with van der Waals surface area (Å²) in [6, 6.07) is 0.895. The summed E-state index contributed by atoms with van der Waals surface area (Å²) in [5, 5.41) is 3.36. The molecule has 0 spiro atoms. The average molecular weight is 286 g/mol. The minimum absolute atomic E-state index is 0.171. The lowest BCUT2D eigenvalue weighted by Crippen LogP contribution is -2.54. The van der Waals surface area contributed by atoms with Crippen LogP contribution in [0.15, 0.2) is 0 Å². The fourth-order valence-corrected chi connectivity index (χ4v) is 2.81. The first kappa shape index (κ1) is 19.4. The molecule has 4 heteroatoms. The van der Waals surface area contributed by atoms with Crippen LogP contribution in [0, 0.1) is 0 Å². The molecular weight excluding hydrogens is 252 g/mol. The predicted molar refractivity (Wildman–Crippen MR) is 84.9 cm³/mol. The van der Waals surface area contributed by atoms with Gasteiger partial charge in [0, 0.05) is 12.1 Å². The van der Waals surface area contributed by atoms with Gasteiger partial charge in [0.05, 0.1) is 7.11 Å². The van der Waals surface area contributed by atoms with Crippen LogP contribution in [0.2, 0.25) is 0 Å². The number of carbonyl (C=O) groups excluding carboxylic acids is 1. The Balaban J connectivity index is 4.83. The van der Waals surface area contributed by atoms with E-state index in [0.29, 0.717) is 12.1 Å². The molecule has 2 unspecified atom stereocenters. The zero-order valence-electron chi connectivity index (χ0n) is 14.5. The molecule has 0 aliphatic carbocycles. The maximum Gasteiger partial charge on any atom is 0.325 e. The standard InChI is InChI=1S/C16H34N2O2/c1-8-11-17-16(5,15(19)20-7)12-13(4)18(6)14(9-2)10-3/h13-14,17H,8-12H2,1-7H3. The third-order valence-corrected chi connectivity index (χ3v) is 4.32. The summed E-state index contributed by atoms with van der Waals surface area (Å²) in [6.45, 7) is 11.5. The van der Waals surface area contributed by atoms with Crippen LogP contribution in [-0.4, -0.2) is 49.2 Å². The number of ether oxygens (including phenoxy) is 1. The fraction of sp³-hybridized carbons (Fsp3) is 0.938. The number of esters is 1. The van der Waals surface area contributed by atoms with Gasteiger partial charge in [0.25, 0.3) is 0 Å². The first-order chi connectivity index (χ1) is 9.36. The number of hydrogen-bond acceptors (Lipinski definition) is 4. The molecule has 0 bridgehead atoms. The van der Waals surface area contributed by atoms with Crippen LogP contribution in [0.25, 0.3) is 0 Å². The highest BCUT2D eigenvalue weighted by Gasteiger charge is 2.36. The topological polar surface area (TPSA) is 41.6 Å². The molecule has 0 fully saturated rings. The lowest BCUT2D eigenvalue weighted by molar-refractivity contribution is -0.148. The first-order valence-corrected chi connectivity index (χ1v) is 7.91. The van der Waals surface area contributed by atoms with E-state index in [-0.39, 0.29) is 5.97 Å². The van der Waals surface area contributed by atoms with Gasteiger partial charge in [-0.2, -0.15) is 0 Å². The summed E-state index contributed by atoms with van der Waals surface area (Å²) in [5.41, 5.74) is -0.607. The molecule has 0 radical (unpaired) electrons. The predicted octanol–water partition coefficient (Wildman–Crippen LogP) is 2.82. The Bertz CT molecular complexity index is 280. The normalized spacial score (nSPS) is 16.2. The highest BCUT2D eigenvalue weighted by atomic mass is 16.5. The SMILES string of the molecule is CCCNC(C)(CC(C)N(C)C(CC)CC)C(=O)OC. The second kappa shape index (κ2) is 9.35. The van der Waals surface area contributed by atoms with Gasteiger partial charge in [0.2, 0.25) is 0 Å². The van der Waals surface area contributed by atoms with Gasteiger partial charge in [-0.05, 0) is 53.1 Å². The van der Waals surface area contributed by atoms with E-state index in [1.54, 1.807) is 0 Å². The number of hydrogen-bond donors (Lipinski definition) is 1. The lowest BCUT2D eigenvalue weighted by atomic mass is 9.91. The minimum atomic E-state index is -0.607. The molecule has 0 aromatic heterocycles. The molecule has 0 heterocycles. The van der Waals surface area contributed by atoms with Crippen LogP contribution in [0.5, 0.6) is 0 Å². The van der Waals surface area contributed by atoms with Crippen LogP contribution in [0.3, 0.4) is 0 Å². The van der Waals surface area contributed by atoms with E-state index in [9.17, 15) is 4.79 Å². The Morgan fingerprint density at radius 2 is 1.85 bits per heavy atom. The molecule has 0 amide bonds. The Morgan fingerprint density at radius 3 is 2.25 bits per heavy atom. The lowest BCUT2D eigenvalue weighted by Gasteiger charge is -2.37. The fourth-order valence-electron chi connectivity index (χ4n) is 2.81. The molecule has 120 valence electrons. The van der Waals surface area contributed by atoms with E-state index in [4.69, 9.17) is 4.74 Å². The van der Waals surface area contributed by atoms with E-state index >= 15 is 0 Å². The monoisotopic (exact) mass is 286 g/mol. The third-order valence-electron chi connectivity index (χ3n) is 4.32. The molecule has 2 atom stereocenters. The molecular formula is C16H34N2O2. The average Bonchev–Trinajstić information content (AvgIpc) is 2.45. The van der Waals surface area contributed by atoms with Crippen LogP contribution in [-0.2, 0) is 9.53 Å². The highest BCUT2D eigenvalue weighted by molar-refractivity contribution is 5.80. The van der Waals surface area contributed by atoms with Crippen LogP contribution in [0.4, 0.5) is 0 Å². The number of nitrogens with one attached hydrogen (secondary N) is 1. The number of methoxy groups -OCH3 is 1. The van der Waals surface area contributed by atoms with E-state index in [2.05, 4.69) is 45.0 Å². The van der Waals surface area contributed by atoms with E-state index in [1.165, 1.54) is 7.11 Å². The van der Waals surface area contributed by atoms with Crippen molar-refractivity contribution in [2.24, 2.45) is 0 Å². The number of nitrogens with zero attached hydrogens (tertiary/aromatic N) is 1. The molecule has 0 aromatic rings. The molecule has 0 aromatic carbocycles. The van der Waals surface area contributed by atoms with Crippen molar-refractivity contribution in [3.8, 4) is 0 Å². The Labute approximate surface area is 125 Å². The molecule has 0 rings (SSSR count). The smallest absolute Gasteiger partial charge is 0.325 e. The molecule has 20 heavy (non-hydrogen) atoms. The van der Waals surface area contributed by atoms with Gasteiger partial charge in [0.1, 0.15) is 5.54 Å². The van der Waals surface area contributed by atoms with Crippen molar-refractivity contribution in [1.82, 2.24) is 10.2 Å². The number of rotatable bonds is 10. The van der Waals surface area contributed by atoms with Gasteiger partial charge in [-0.3, -0.25) is 4.79 Å². The maximum absolute atomic E-state index is 12.1. The van der Waals surface area contributed by atoms with E-state index in [1.807, 2.05) is 6.92 Å². The molecule has 0 saturated carbocycles. The summed E-state index contributed by atoms with van der Waals surface area (Å²) in [5.74, 6) is -0.171. The van der Waals surface area contributed by atoms with Gasteiger partial charge >= 0.3 is 5.97 Å². The molecule has 1 N–H and O–H groups in total. The highest BCUT2D eigenvalue weighted by Crippen LogP contribution is 2.20. The van der Waals surface area contributed by atoms with Crippen LogP contribution >= 0.6 is 0 Å². The molecule has 0 aliphatic rings. The largest absolute Gasteiger partial charge is 0.468 e. The van der Waals surface area contributed by atoms with Gasteiger partial charge in [-0.1, -0.05) is 20.8 Å². The van der Waals surface area contributed by atoms with Gasteiger partial charge in [-0.15, -0.1) is 0 Å². The summed E-state index contributed by atoms with van der Waals surface area (Å²) >= 11 is 0. The summed E-state index contributed by atoms with van der Waals surface area (Å²) in [7, 11) is 3.61. The van der Waals surface area contributed by atoms with Crippen molar-refractivity contribution >= 4 is 5.97 Å². The second-order valence-corrected chi connectivity index (χ2v) is 5.94. The minimum Gasteiger partial charge on any atom is -0.468 e. The van der Waals surface area contributed by atoms with Crippen molar-refractivity contribution in [3.63, 3.8) is 0 Å². The summed E-state index contributed by atoms with van der Waals surface area (Å²) in [4.78, 5) is 14.5. The Kier molecular flexibility index (Phi) is 9.06. The third kappa shape index (κ3) is 5.41. The Morgan fingerprint density at radius 1 is 1.30 bits per heavy atom. The Hall–Kier alpha value is -0.610. The van der Waals surface area contributed by atoms with E-state index < -0.39 is 5.54 Å². The number of carbonyl (C=O) groups is 1. The van der Waals surface area contributed by atoms with Crippen LogP contribution in [0.1, 0.15) is 60.3 Å². The van der Waals surface area contributed by atoms with Crippen molar-refractivity contribution in [2.45, 2.75) is 77.9 Å². The van der Waals surface area contributed by atoms with Crippen molar-refractivity contribution in [1.29, 1.82) is 0 Å². The van der Waals surface area contributed by atoms with Crippen molar-refractivity contribution in [3.05, 3.63) is 0 Å². The molecule has 0 aliphatic heterocycles. The zero-order chi connectivity index (χ0) is 15.8. The quantitative estimate of drug-likeness (QED) is 0.627. The maximum atomic E-state index is 12.1. The first-order valence-electron chi connectivity index (χ1n) is 7.91. The second-order valence-electron chi connectivity index (χ2n) is 5.94. The van der Waals surface area contributed by atoms with Gasteiger partial charge in [-0.25, -0.2) is 0 Å². The van der Waals surface area contributed by atoms with E-state index in [0.717, 1.165) is 32.2 Å². The summed E-state index contributed by atoms with van der Waals surface area (Å²) < 4.78 is 4.99. The molecule has 0 saturated heterocycles. The zero-order valence-corrected chi connectivity index (χ0v) is 14.5. The van der Waals surface area contributed by atoms with Gasteiger partial charge in [0.15, 0.2) is 0 Å². The molecule has 4 nitrogen and oxygen atoms in total. The van der Waals surface area contributed by atoms with Crippen molar-refractivity contribution < 1.29 is 9.53 Å². The van der Waals surface area contributed by atoms with Gasteiger partial charge < -0.3 is 15.0 Å². The van der Waals surface area contributed by atoms with Crippen molar-refractivity contribution in [2.75, 3.05) is 20.7 Å². The van der Waals surface area contributed by atoms with Crippen LogP contribution < -0.4 is 5.32 Å².